The second kappa shape index (κ2) is 4.42. The molecule has 1 rings (SSSR count). The summed E-state index contributed by atoms with van der Waals surface area (Å²) in [6, 6.07) is 7.92. The standard InChI is InChI=1S/C10H12BrNO/c1-7(12-8(2)13)9-5-3-4-6-10(9)11/h3-7H,1-2H3,(H,12,13)/t7-/m1/s1. The van der Waals surface area contributed by atoms with E-state index in [1.807, 2.05) is 31.2 Å². The minimum absolute atomic E-state index is 0.0109. The highest BCUT2D eigenvalue weighted by molar-refractivity contribution is 9.10. The zero-order valence-corrected chi connectivity index (χ0v) is 9.26. The fourth-order valence-electron chi connectivity index (χ4n) is 1.21. The third-order valence-corrected chi connectivity index (χ3v) is 2.51. The number of benzene rings is 1. The van der Waals surface area contributed by atoms with Gasteiger partial charge in [-0.05, 0) is 18.6 Å². The van der Waals surface area contributed by atoms with Crippen LogP contribution in [0.25, 0.3) is 0 Å². The predicted octanol–water partition coefficient (Wildman–Crippen LogP) is 2.65. The molecule has 1 N–H and O–H groups in total. The summed E-state index contributed by atoms with van der Waals surface area (Å²) < 4.78 is 1.02. The van der Waals surface area contributed by atoms with Crippen molar-refractivity contribution in [2.24, 2.45) is 0 Å². The van der Waals surface area contributed by atoms with Gasteiger partial charge < -0.3 is 5.32 Å². The molecule has 13 heavy (non-hydrogen) atoms. The highest BCUT2D eigenvalue weighted by Gasteiger charge is 2.08. The monoisotopic (exact) mass is 241 g/mol. The van der Waals surface area contributed by atoms with Crippen molar-refractivity contribution >= 4 is 21.8 Å². The Balaban J connectivity index is 2.82. The molecule has 0 spiro atoms. The summed E-state index contributed by atoms with van der Waals surface area (Å²) in [7, 11) is 0. The molecule has 1 amide bonds. The third kappa shape index (κ3) is 2.84. The van der Waals surface area contributed by atoms with E-state index < -0.39 is 0 Å². The Morgan fingerprint density at radius 2 is 2.08 bits per heavy atom. The van der Waals surface area contributed by atoms with Crippen LogP contribution in [0.5, 0.6) is 0 Å². The fourth-order valence-corrected chi connectivity index (χ4v) is 1.84. The first-order chi connectivity index (χ1) is 6.11. The smallest absolute Gasteiger partial charge is 0.217 e. The molecule has 0 aliphatic rings. The quantitative estimate of drug-likeness (QED) is 0.848. The van der Waals surface area contributed by atoms with E-state index in [0.717, 1.165) is 10.0 Å². The Morgan fingerprint density at radius 3 is 2.62 bits per heavy atom. The Labute approximate surface area is 86.5 Å². The van der Waals surface area contributed by atoms with Crippen LogP contribution in [0.15, 0.2) is 28.7 Å². The van der Waals surface area contributed by atoms with Crippen molar-refractivity contribution in [1.82, 2.24) is 5.32 Å². The molecule has 0 saturated carbocycles. The lowest BCUT2D eigenvalue weighted by atomic mass is 10.1. The topological polar surface area (TPSA) is 29.1 Å². The molecule has 2 nitrogen and oxygen atoms in total. The molecule has 0 unspecified atom stereocenters. The lowest BCUT2D eigenvalue weighted by Crippen LogP contribution is -2.23. The van der Waals surface area contributed by atoms with Crippen LogP contribution in [0.4, 0.5) is 0 Å². The highest BCUT2D eigenvalue weighted by Crippen LogP contribution is 2.22. The largest absolute Gasteiger partial charge is 0.350 e. The number of halogens is 1. The first-order valence-electron chi connectivity index (χ1n) is 4.13. The van der Waals surface area contributed by atoms with Gasteiger partial charge in [0.1, 0.15) is 0 Å². The Kier molecular flexibility index (Phi) is 3.48. The maximum absolute atomic E-state index is 10.8. The van der Waals surface area contributed by atoms with Gasteiger partial charge in [0.25, 0.3) is 0 Å². The molecule has 0 aromatic heterocycles. The average Bonchev–Trinajstić information content (AvgIpc) is 2.03. The normalized spacial score (nSPS) is 12.2. The van der Waals surface area contributed by atoms with E-state index in [-0.39, 0.29) is 11.9 Å². The molecule has 70 valence electrons. The van der Waals surface area contributed by atoms with Crippen LogP contribution < -0.4 is 5.32 Å². The number of rotatable bonds is 2. The number of hydrogen-bond donors (Lipinski definition) is 1. The number of carbonyl (C=O) groups is 1. The number of nitrogens with one attached hydrogen (secondary N) is 1. The molecular weight excluding hydrogens is 230 g/mol. The number of hydrogen-bond acceptors (Lipinski definition) is 1. The van der Waals surface area contributed by atoms with Gasteiger partial charge in [-0.3, -0.25) is 4.79 Å². The van der Waals surface area contributed by atoms with Crippen molar-refractivity contribution in [3.63, 3.8) is 0 Å². The third-order valence-electron chi connectivity index (χ3n) is 1.79. The van der Waals surface area contributed by atoms with Crippen molar-refractivity contribution < 1.29 is 4.79 Å². The maximum Gasteiger partial charge on any atom is 0.217 e. The summed E-state index contributed by atoms with van der Waals surface area (Å²) in [5.41, 5.74) is 1.10. The van der Waals surface area contributed by atoms with Gasteiger partial charge >= 0.3 is 0 Å². The van der Waals surface area contributed by atoms with Crippen LogP contribution in [-0.2, 0) is 4.79 Å². The van der Waals surface area contributed by atoms with Gasteiger partial charge in [0, 0.05) is 11.4 Å². The van der Waals surface area contributed by atoms with Crippen LogP contribution in [-0.4, -0.2) is 5.91 Å². The Bertz CT molecular complexity index is 312. The van der Waals surface area contributed by atoms with Crippen molar-refractivity contribution in [1.29, 1.82) is 0 Å². The molecule has 0 heterocycles. The van der Waals surface area contributed by atoms with Gasteiger partial charge in [-0.2, -0.15) is 0 Å². The van der Waals surface area contributed by atoms with Gasteiger partial charge in [-0.15, -0.1) is 0 Å². The molecule has 0 bridgehead atoms. The van der Waals surface area contributed by atoms with Crippen LogP contribution in [0.1, 0.15) is 25.5 Å². The van der Waals surface area contributed by atoms with E-state index in [4.69, 9.17) is 0 Å². The molecule has 3 heteroatoms. The minimum Gasteiger partial charge on any atom is -0.350 e. The van der Waals surface area contributed by atoms with E-state index in [0.29, 0.717) is 0 Å². The fraction of sp³-hybridized carbons (Fsp3) is 0.300. The van der Waals surface area contributed by atoms with Crippen molar-refractivity contribution in [3.8, 4) is 0 Å². The van der Waals surface area contributed by atoms with E-state index >= 15 is 0 Å². The zero-order chi connectivity index (χ0) is 9.84. The second-order valence-electron chi connectivity index (χ2n) is 2.94. The first-order valence-corrected chi connectivity index (χ1v) is 4.92. The summed E-state index contributed by atoms with van der Waals surface area (Å²) >= 11 is 3.44. The maximum atomic E-state index is 10.8. The summed E-state index contributed by atoms with van der Waals surface area (Å²) in [5, 5.41) is 2.83. The van der Waals surface area contributed by atoms with Crippen molar-refractivity contribution in [2.45, 2.75) is 19.9 Å². The Morgan fingerprint density at radius 1 is 1.46 bits per heavy atom. The molecular formula is C10H12BrNO. The van der Waals surface area contributed by atoms with Crippen LogP contribution in [0.3, 0.4) is 0 Å². The molecule has 1 atom stereocenters. The Hall–Kier alpha value is -0.830. The molecule has 1 aromatic carbocycles. The predicted molar refractivity (Wildman–Crippen MR) is 56.4 cm³/mol. The SMILES string of the molecule is CC(=O)N[C@H](C)c1ccccc1Br. The zero-order valence-electron chi connectivity index (χ0n) is 7.67. The van der Waals surface area contributed by atoms with Crippen LogP contribution in [0, 0.1) is 0 Å². The van der Waals surface area contributed by atoms with Gasteiger partial charge in [-0.25, -0.2) is 0 Å². The molecule has 0 saturated heterocycles. The summed E-state index contributed by atoms with van der Waals surface area (Å²) in [5.74, 6) is -0.0109. The number of amides is 1. The summed E-state index contributed by atoms with van der Waals surface area (Å²) in [6.45, 7) is 3.48. The molecule has 1 aromatic rings. The van der Waals surface area contributed by atoms with Crippen LogP contribution in [0.2, 0.25) is 0 Å². The minimum atomic E-state index is -0.0109. The lowest BCUT2D eigenvalue weighted by molar-refractivity contribution is -0.119. The lowest BCUT2D eigenvalue weighted by Gasteiger charge is -2.14. The van der Waals surface area contributed by atoms with Gasteiger partial charge in [0.15, 0.2) is 0 Å². The molecule has 0 fully saturated rings. The van der Waals surface area contributed by atoms with E-state index in [2.05, 4.69) is 21.2 Å². The van der Waals surface area contributed by atoms with E-state index in [9.17, 15) is 4.79 Å². The van der Waals surface area contributed by atoms with Crippen LogP contribution >= 0.6 is 15.9 Å². The summed E-state index contributed by atoms with van der Waals surface area (Å²) in [4.78, 5) is 10.8. The average molecular weight is 242 g/mol. The van der Waals surface area contributed by atoms with Crippen molar-refractivity contribution in [3.05, 3.63) is 34.3 Å². The van der Waals surface area contributed by atoms with E-state index in [1.54, 1.807) is 0 Å². The highest BCUT2D eigenvalue weighted by atomic mass is 79.9. The van der Waals surface area contributed by atoms with E-state index in [1.165, 1.54) is 6.92 Å². The van der Waals surface area contributed by atoms with Crippen molar-refractivity contribution in [2.75, 3.05) is 0 Å². The number of carbonyl (C=O) groups excluding carboxylic acids is 1. The van der Waals surface area contributed by atoms with Gasteiger partial charge in [-0.1, -0.05) is 34.1 Å². The van der Waals surface area contributed by atoms with Gasteiger partial charge in [0.2, 0.25) is 5.91 Å². The molecule has 0 aliphatic carbocycles. The second-order valence-corrected chi connectivity index (χ2v) is 3.80. The first kappa shape index (κ1) is 10.3. The molecule has 0 aliphatic heterocycles. The molecule has 0 radical (unpaired) electrons. The van der Waals surface area contributed by atoms with Gasteiger partial charge in [0.05, 0.1) is 6.04 Å². The summed E-state index contributed by atoms with van der Waals surface area (Å²) in [6.07, 6.45) is 0.